The molecule has 0 radical (unpaired) electrons. The lowest BCUT2D eigenvalue weighted by Gasteiger charge is -2.33. The number of aryl methyl sites for hydroxylation is 1. The molecule has 5 rings (SSSR count). The van der Waals surface area contributed by atoms with E-state index in [-0.39, 0.29) is 28.0 Å². The summed E-state index contributed by atoms with van der Waals surface area (Å²) in [4.78, 5) is 23.9. The Morgan fingerprint density at radius 2 is 1.83 bits per heavy atom. The van der Waals surface area contributed by atoms with Gasteiger partial charge in [-0.05, 0) is 61.5 Å². The van der Waals surface area contributed by atoms with Gasteiger partial charge in [-0.1, -0.05) is 29.3 Å². The van der Waals surface area contributed by atoms with E-state index < -0.39 is 17.8 Å². The van der Waals surface area contributed by atoms with Crippen molar-refractivity contribution in [2.45, 2.75) is 19.6 Å². The molecule has 4 aromatic rings. The summed E-state index contributed by atoms with van der Waals surface area (Å²) < 4.78 is 47.7. The highest BCUT2D eigenvalue weighted by Crippen LogP contribution is 2.38. The van der Waals surface area contributed by atoms with Crippen molar-refractivity contribution >= 4 is 51.6 Å². The van der Waals surface area contributed by atoms with E-state index >= 15 is 0 Å². The molecule has 3 heterocycles. The number of aromatic amines is 1. The van der Waals surface area contributed by atoms with Crippen molar-refractivity contribution in [1.29, 1.82) is 0 Å². The van der Waals surface area contributed by atoms with Crippen molar-refractivity contribution in [3.8, 4) is 11.5 Å². The Kier molecular flexibility index (Phi) is 8.32. The van der Waals surface area contributed by atoms with Gasteiger partial charge in [-0.25, -0.2) is 9.78 Å². The van der Waals surface area contributed by atoms with Gasteiger partial charge in [-0.15, -0.1) is 0 Å². The SMILES string of the molecule is Cc1cc(Oc2ccnc3[nH]c(Cl)c(Cl)c23)ccc1NC(=O)Nc1ccc(CN2CCN(C)CC2)c(C(F)(F)F)c1. The highest BCUT2D eigenvalue weighted by Gasteiger charge is 2.34. The number of anilines is 2. The molecule has 1 saturated heterocycles. The number of benzene rings is 2. The zero-order valence-electron chi connectivity index (χ0n) is 22.2. The Hall–Kier alpha value is -3.51. The lowest BCUT2D eigenvalue weighted by molar-refractivity contribution is -0.138. The fraction of sp³-hybridized carbons (Fsp3) is 0.286. The van der Waals surface area contributed by atoms with Crippen molar-refractivity contribution in [3.63, 3.8) is 0 Å². The maximum atomic E-state index is 13.9. The molecule has 0 spiro atoms. The number of ether oxygens (including phenoxy) is 1. The number of carbonyl (C=O) groups is 1. The lowest BCUT2D eigenvalue weighted by atomic mass is 10.0. The number of carbonyl (C=O) groups excluding carboxylic acids is 1. The van der Waals surface area contributed by atoms with Crippen LogP contribution >= 0.6 is 23.2 Å². The van der Waals surface area contributed by atoms with Crippen molar-refractivity contribution in [3.05, 3.63) is 75.5 Å². The van der Waals surface area contributed by atoms with Gasteiger partial charge in [-0.2, -0.15) is 13.2 Å². The number of likely N-dealkylation sites (N-methyl/N-ethyl adjacent to an activating group) is 1. The van der Waals surface area contributed by atoms with E-state index in [1.807, 2.05) is 11.9 Å². The van der Waals surface area contributed by atoms with Gasteiger partial charge in [0, 0.05) is 50.3 Å². The number of hydrogen-bond acceptors (Lipinski definition) is 5. The van der Waals surface area contributed by atoms with Crippen LogP contribution in [-0.4, -0.2) is 59.0 Å². The van der Waals surface area contributed by atoms with Crippen LogP contribution in [0, 0.1) is 6.92 Å². The van der Waals surface area contributed by atoms with E-state index in [1.165, 1.54) is 12.1 Å². The molecule has 2 aromatic heterocycles. The molecule has 0 unspecified atom stereocenters. The van der Waals surface area contributed by atoms with Crippen LogP contribution in [0.2, 0.25) is 10.2 Å². The first-order chi connectivity index (χ1) is 19.5. The highest BCUT2D eigenvalue weighted by molar-refractivity contribution is 6.45. The van der Waals surface area contributed by atoms with Crippen molar-refractivity contribution in [1.82, 2.24) is 19.8 Å². The summed E-state index contributed by atoms with van der Waals surface area (Å²) >= 11 is 12.4. The monoisotopic (exact) mass is 606 g/mol. The van der Waals surface area contributed by atoms with E-state index in [0.717, 1.165) is 19.2 Å². The summed E-state index contributed by atoms with van der Waals surface area (Å²) in [6, 6.07) is 9.85. The molecular weight excluding hydrogens is 580 g/mol. The smallest absolute Gasteiger partial charge is 0.416 e. The number of urea groups is 1. The summed E-state index contributed by atoms with van der Waals surface area (Å²) in [6.07, 6.45) is -3.00. The van der Waals surface area contributed by atoms with Crippen molar-refractivity contribution in [2.24, 2.45) is 0 Å². The Bertz CT molecular complexity index is 1590. The zero-order chi connectivity index (χ0) is 29.3. The number of H-pyrrole nitrogens is 1. The van der Waals surface area contributed by atoms with Crippen LogP contribution in [0.3, 0.4) is 0 Å². The summed E-state index contributed by atoms with van der Waals surface area (Å²) in [5.41, 5.74) is 1.05. The molecule has 0 bridgehead atoms. The molecule has 0 saturated carbocycles. The van der Waals surface area contributed by atoms with Gasteiger partial charge in [0.05, 0.1) is 16.0 Å². The van der Waals surface area contributed by atoms with Crippen LogP contribution in [0.4, 0.5) is 29.3 Å². The second kappa shape index (κ2) is 11.8. The second-order valence-electron chi connectivity index (χ2n) is 9.89. The summed E-state index contributed by atoms with van der Waals surface area (Å²) in [5.74, 6) is 0.914. The van der Waals surface area contributed by atoms with Crippen LogP contribution in [0.1, 0.15) is 16.7 Å². The highest BCUT2D eigenvalue weighted by atomic mass is 35.5. The number of rotatable bonds is 6. The first kappa shape index (κ1) is 29.0. The fourth-order valence-corrected chi connectivity index (χ4v) is 5.07. The minimum Gasteiger partial charge on any atom is -0.456 e. The van der Waals surface area contributed by atoms with Crippen molar-refractivity contribution in [2.75, 3.05) is 43.9 Å². The third kappa shape index (κ3) is 6.70. The van der Waals surface area contributed by atoms with Crippen LogP contribution in [0.15, 0.2) is 48.7 Å². The quantitative estimate of drug-likeness (QED) is 0.213. The molecule has 13 heteroatoms. The maximum absolute atomic E-state index is 13.9. The van der Waals surface area contributed by atoms with Crippen LogP contribution in [0.5, 0.6) is 11.5 Å². The van der Waals surface area contributed by atoms with Gasteiger partial charge >= 0.3 is 12.2 Å². The summed E-state index contributed by atoms with van der Waals surface area (Å²) in [7, 11) is 1.99. The molecule has 1 aliphatic rings. The number of fused-ring (bicyclic) bond motifs is 1. The first-order valence-corrected chi connectivity index (χ1v) is 13.5. The summed E-state index contributed by atoms with van der Waals surface area (Å²) in [6.45, 7) is 4.95. The topological polar surface area (TPSA) is 85.5 Å². The number of nitrogens with one attached hydrogen (secondary N) is 3. The minimum atomic E-state index is -4.56. The number of aromatic nitrogens is 2. The third-order valence-corrected chi connectivity index (χ3v) is 7.65. The van der Waals surface area contributed by atoms with Gasteiger partial charge in [0.25, 0.3) is 0 Å². The zero-order valence-corrected chi connectivity index (χ0v) is 23.7. The molecule has 216 valence electrons. The lowest BCUT2D eigenvalue weighted by Crippen LogP contribution is -2.44. The van der Waals surface area contributed by atoms with Gasteiger partial charge in [0.15, 0.2) is 0 Å². The molecule has 0 atom stereocenters. The molecular formula is C28H27Cl2F3N6O2. The van der Waals surface area contributed by atoms with E-state index in [9.17, 15) is 18.0 Å². The van der Waals surface area contributed by atoms with E-state index in [0.29, 0.717) is 46.9 Å². The van der Waals surface area contributed by atoms with Gasteiger partial charge in [0.2, 0.25) is 0 Å². The maximum Gasteiger partial charge on any atom is 0.416 e. The Balaban J connectivity index is 1.26. The third-order valence-electron chi connectivity index (χ3n) is 6.89. The predicted octanol–water partition coefficient (Wildman–Crippen LogP) is 7.38. The number of halogens is 5. The number of piperazine rings is 1. The Labute approximate surface area is 244 Å². The average Bonchev–Trinajstić information content (AvgIpc) is 3.21. The van der Waals surface area contributed by atoms with Gasteiger partial charge in [0.1, 0.15) is 22.3 Å². The number of pyridine rings is 1. The van der Waals surface area contributed by atoms with E-state index in [1.54, 1.807) is 37.4 Å². The predicted molar refractivity (Wildman–Crippen MR) is 154 cm³/mol. The minimum absolute atomic E-state index is 0.0401. The molecule has 8 nitrogen and oxygen atoms in total. The number of hydrogen-bond donors (Lipinski definition) is 3. The van der Waals surface area contributed by atoms with Crippen molar-refractivity contribution < 1.29 is 22.7 Å². The Morgan fingerprint density at radius 3 is 2.54 bits per heavy atom. The average molecular weight is 607 g/mol. The van der Waals surface area contributed by atoms with Crippen LogP contribution in [0.25, 0.3) is 11.0 Å². The molecule has 2 amide bonds. The van der Waals surface area contributed by atoms with Crippen LogP contribution in [-0.2, 0) is 12.7 Å². The number of nitrogens with zero attached hydrogens (tertiary/aromatic N) is 3. The largest absolute Gasteiger partial charge is 0.456 e. The molecule has 2 aromatic carbocycles. The molecule has 0 aliphatic carbocycles. The molecule has 41 heavy (non-hydrogen) atoms. The van der Waals surface area contributed by atoms with E-state index in [2.05, 4.69) is 25.5 Å². The Morgan fingerprint density at radius 1 is 1.07 bits per heavy atom. The van der Waals surface area contributed by atoms with Crippen LogP contribution < -0.4 is 15.4 Å². The fourth-order valence-electron chi connectivity index (χ4n) is 4.66. The number of amides is 2. The van der Waals surface area contributed by atoms with Gasteiger partial charge < -0.3 is 25.3 Å². The summed E-state index contributed by atoms with van der Waals surface area (Å²) in [5, 5.41) is 6.26. The second-order valence-corrected chi connectivity index (χ2v) is 10.6. The first-order valence-electron chi connectivity index (χ1n) is 12.8. The molecule has 1 aliphatic heterocycles. The van der Waals surface area contributed by atoms with Gasteiger partial charge in [-0.3, -0.25) is 4.90 Å². The van der Waals surface area contributed by atoms with E-state index in [4.69, 9.17) is 27.9 Å². The molecule has 3 N–H and O–H groups in total. The molecule has 1 fully saturated rings. The standard InChI is InChI=1S/C28H27Cl2F3N6O2/c1-16-13-19(41-22-7-8-34-26-23(22)24(29)25(30)37-26)5-6-21(16)36-27(40)35-18-4-3-17(20(14-18)28(31,32)33)15-39-11-9-38(2)10-12-39/h3-8,13-14H,9-12,15H2,1-2H3,(H,34,37)(H2,35,36,40). The number of alkyl halides is 3. The normalized spacial score (nSPS) is 14.8.